The van der Waals surface area contributed by atoms with E-state index in [0.29, 0.717) is 22.2 Å². The zero-order valence-corrected chi connectivity index (χ0v) is 14.0. The first-order chi connectivity index (χ1) is 12.1. The number of carbonyl (C=O) groups excluding carboxylic acids is 1. The maximum absolute atomic E-state index is 12.3. The summed E-state index contributed by atoms with van der Waals surface area (Å²) < 4.78 is 5.71. The molecule has 8 heteroatoms. The maximum atomic E-state index is 12.3. The van der Waals surface area contributed by atoms with E-state index in [4.69, 9.17) is 16.3 Å². The summed E-state index contributed by atoms with van der Waals surface area (Å²) in [5.74, 6) is 0.644. The van der Waals surface area contributed by atoms with Gasteiger partial charge in [0.25, 0.3) is 5.91 Å². The molecule has 0 atom stereocenters. The predicted molar refractivity (Wildman–Crippen MR) is 95.3 cm³/mol. The Kier molecular flexibility index (Phi) is 5.06. The van der Waals surface area contributed by atoms with Crippen molar-refractivity contribution < 1.29 is 9.53 Å². The van der Waals surface area contributed by atoms with E-state index in [1.807, 2.05) is 0 Å². The van der Waals surface area contributed by atoms with Crippen molar-refractivity contribution in [3.8, 4) is 11.5 Å². The Hall–Kier alpha value is -3.19. The van der Waals surface area contributed by atoms with E-state index in [1.54, 1.807) is 43.7 Å². The van der Waals surface area contributed by atoms with Gasteiger partial charge in [-0.25, -0.2) is 9.97 Å². The van der Waals surface area contributed by atoms with Crippen LogP contribution in [0.4, 0.5) is 11.4 Å². The minimum absolute atomic E-state index is 0.223. The number of halogens is 1. The molecule has 3 rings (SSSR count). The lowest BCUT2D eigenvalue weighted by molar-refractivity contribution is 0.102. The SMILES string of the molecule is CNc1cc(NC(=O)c2cc(Cl)ccn2)cc(Oc2cncnc2)c1. The average molecular weight is 356 g/mol. The molecule has 0 saturated heterocycles. The maximum Gasteiger partial charge on any atom is 0.274 e. The fourth-order valence-corrected chi connectivity index (χ4v) is 2.23. The molecule has 2 N–H and O–H groups in total. The topological polar surface area (TPSA) is 89.0 Å². The van der Waals surface area contributed by atoms with E-state index >= 15 is 0 Å². The Morgan fingerprint density at radius 1 is 1.08 bits per heavy atom. The zero-order valence-electron chi connectivity index (χ0n) is 13.2. The molecule has 0 aliphatic carbocycles. The standard InChI is InChI=1S/C17H14ClN5O2/c1-19-12-5-13(23-17(24)16-4-11(18)2-3-22-16)7-14(6-12)25-15-8-20-10-21-9-15/h2-10,19H,1H3,(H,23,24). The quantitative estimate of drug-likeness (QED) is 0.726. The molecule has 1 aromatic carbocycles. The summed E-state index contributed by atoms with van der Waals surface area (Å²) in [6.07, 6.45) is 5.99. The highest BCUT2D eigenvalue weighted by molar-refractivity contribution is 6.30. The Labute approximate surface area is 149 Å². The number of rotatable bonds is 5. The number of nitrogens with zero attached hydrogens (tertiary/aromatic N) is 3. The molecule has 0 spiro atoms. The summed E-state index contributed by atoms with van der Waals surface area (Å²) in [6.45, 7) is 0. The summed E-state index contributed by atoms with van der Waals surface area (Å²) in [7, 11) is 1.77. The first kappa shape index (κ1) is 16.7. The van der Waals surface area contributed by atoms with Crippen molar-refractivity contribution in [2.45, 2.75) is 0 Å². The fourth-order valence-electron chi connectivity index (χ4n) is 2.07. The van der Waals surface area contributed by atoms with Gasteiger partial charge in [0.05, 0.1) is 12.4 Å². The van der Waals surface area contributed by atoms with Gasteiger partial charge in [-0.05, 0) is 18.2 Å². The third-order valence-electron chi connectivity index (χ3n) is 3.18. The van der Waals surface area contributed by atoms with Gasteiger partial charge in [0, 0.05) is 41.8 Å². The van der Waals surface area contributed by atoms with Crippen LogP contribution in [0.1, 0.15) is 10.5 Å². The van der Waals surface area contributed by atoms with E-state index in [2.05, 4.69) is 25.6 Å². The summed E-state index contributed by atoms with van der Waals surface area (Å²) in [6, 6.07) is 8.36. The van der Waals surface area contributed by atoms with E-state index in [9.17, 15) is 4.79 Å². The van der Waals surface area contributed by atoms with Crippen LogP contribution in [0.15, 0.2) is 55.2 Å². The van der Waals surface area contributed by atoms with Gasteiger partial charge < -0.3 is 15.4 Å². The van der Waals surface area contributed by atoms with E-state index < -0.39 is 0 Å². The summed E-state index contributed by atoms with van der Waals surface area (Å²) in [5, 5.41) is 6.23. The highest BCUT2D eigenvalue weighted by Gasteiger charge is 2.10. The summed E-state index contributed by atoms with van der Waals surface area (Å²) in [4.78, 5) is 24.1. The molecular weight excluding hydrogens is 342 g/mol. The summed E-state index contributed by atoms with van der Waals surface area (Å²) >= 11 is 5.89. The molecule has 3 aromatic rings. The van der Waals surface area contributed by atoms with Crippen molar-refractivity contribution in [2.24, 2.45) is 0 Å². The Balaban J connectivity index is 1.83. The smallest absolute Gasteiger partial charge is 0.274 e. The van der Waals surface area contributed by atoms with Crippen molar-refractivity contribution >= 4 is 28.9 Å². The minimum atomic E-state index is -0.371. The van der Waals surface area contributed by atoms with Crippen LogP contribution in [0.25, 0.3) is 0 Å². The Bertz CT molecular complexity index is 889. The lowest BCUT2D eigenvalue weighted by Crippen LogP contribution is -2.13. The van der Waals surface area contributed by atoms with E-state index in [0.717, 1.165) is 5.69 Å². The van der Waals surface area contributed by atoms with Crippen LogP contribution in [0.5, 0.6) is 11.5 Å². The van der Waals surface area contributed by atoms with E-state index in [-0.39, 0.29) is 11.6 Å². The van der Waals surface area contributed by atoms with Gasteiger partial charge >= 0.3 is 0 Å². The van der Waals surface area contributed by atoms with Crippen LogP contribution in [0, 0.1) is 0 Å². The van der Waals surface area contributed by atoms with Gasteiger partial charge in [-0.3, -0.25) is 9.78 Å². The van der Waals surface area contributed by atoms with Crippen LogP contribution in [-0.2, 0) is 0 Å². The largest absolute Gasteiger partial charge is 0.454 e. The second kappa shape index (κ2) is 7.59. The van der Waals surface area contributed by atoms with Crippen LogP contribution in [0.3, 0.4) is 0 Å². The van der Waals surface area contributed by atoms with Gasteiger partial charge in [0.2, 0.25) is 0 Å². The fraction of sp³-hybridized carbons (Fsp3) is 0.0588. The molecule has 0 unspecified atom stereocenters. The van der Waals surface area contributed by atoms with Gasteiger partial charge in [0.15, 0.2) is 5.75 Å². The first-order valence-corrected chi connectivity index (χ1v) is 7.70. The Morgan fingerprint density at radius 3 is 2.56 bits per heavy atom. The van der Waals surface area contributed by atoms with Gasteiger partial charge in [-0.2, -0.15) is 0 Å². The minimum Gasteiger partial charge on any atom is -0.454 e. The van der Waals surface area contributed by atoms with Crippen LogP contribution in [-0.4, -0.2) is 27.9 Å². The third kappa shape index (κ3) is 4.42. The molecular formula is C17H14ClN5O2. The number of anilines is 2. The molecule has 2 aromatic heterocycles. The molecule has 0 radical (unpaired) electrons. The third-order valence-corrected chi connectivity index (χ3v) is 3.42. The monoisotopic (exact) mass is 355 g/mol. The molecule has 25 heavy (non-hydrogen) atoms. The van der Waals surface area contributed by atoms with Crippen molar-refractivity contribution in [1.29, 1.82) is 0 Å². The normalized spacial score (nSPS) is 10.2. The van der Waals surface area contributed by atoms with Gasteiger partial charge in [-0.15, -0.1) is 0 Å². The molecule has 0 fully saturated rings. The Morgan fingerprint density at radius 2 is 1.84 bits per heavy atom. The average Bonchev–Trinajstić information content (AvgIpc) is 2.62. The van der Waals surface area contributed by atoms with Crippen molar-refractivity contribution in [1.82, 2.24) is 15.0 Å². The second-order valence-corrected chi connectivity index (χ2v) is 5.42. The number of nitrogens with one attached hydrogen (secondary N) is 2. The second-order valence-electron chi connectivity index (χ2n) is 4.99. The van der Waals surface area contributed by atoms with Crippen LogP contribution in [0.2, 0.25) is 5.02 Å². The number of pyridine rings is 1. The number of hydrogen-bond donors (Lipinski definition) is 2. The molecule has 0 aliphatic rings. The van der Waals surface area contributed by atoms with Crippen molar-refractivity contribution in [2.75, 3.05) is 17.7 Å². The first-order valence-electron chi connectivity index (χ1n) is 7.32. The van der Waals surface area contributed by atoms with Crippen molar-refractivity contribution in [3.05, 3.63) is 66.0 Å². The van der Waals surface area contributed by atoms with E-state index in [1.165, 1.54) is 18.6 Å². The molecule has 2 heterocycles. The predicted octanol–water partition coefficient (Wildman–Crippen LogP) is 3.61. The number of aromatic nitrogens is 3. The highest BCUT2D eigenvalue weighted by atomic mass is 35.5. The number of ether oxygens (including phenoxy) is 1. The van der Waals surface area contributed by atoms with Gasteiger partial charge in [0.1, 0.15) is 17.8 Å². The lowest BCUT2D eigenvalue weighted by Gasteiger charge is -2.11. The zero-order chi connectivity index (χ0) is 17.6. The summed E-state index contributed by atoms with van der Waals surface area (Å²) in [5.41, 5.74) is 1.54. The van der Waals surface area contributed by atoms with Crippen LogP contribution >= 0.6 is 11.6 Å². The molecule has 0 aliphatic heterocycles. The number of benzene rings is 1. The van der Waals surface area contributed by atoms with Crippen LogP contribution < -0.4 is 15.4 Å². The lowest BCUT2D eigenvalue weighted by atomic mass is 10.2. The number of carbonyl (C=O) groups is 1. The molecule has 0 bridgehead atoms. The number of amides is 1. The molecule has 1 amide bonds. The number of hydrogen-bond acceptors (Lipinski definition) is 6. The highest BCUT2D eigenvalue weighted by Crippen LogP contribution is 2.28. The van der Waals surface area contributed by atoms with Crippen molar-refractivity contribution in [3.63, 3.8) is 0 Å². The molecule has 7 nitrogen and oxygen atoms in total. The van der Waals surface area contributed by atoms with Gasteiger partial charge in [-0.1, -0.05) is 11.6 Å². The molecule has 0 saturated carbocycles. The molecule has 126 valence electrons.